The highest BCUT2D eigenvalue weighted by atomic mass is 31.1. The second-order valence-corrected chi connectivity index (χ2v) is 4.73. The molecule has 2 unspecified atom stereocenters. The number of hydrogen-bond acceptors (Lipinski definition) is 1. The summed E-state index contributed by atoms with van der Waals surface area (Å²) in [6.45, 7) is 2.26. The lowest BCUT2D eigenvalue weighted by Gasteiger charge is -1.96. The smallest absolute Gasteiger partial charge is 0.0582 e. The fourth-order valence-electron chi connectivity index (χ4n) is 0.912. The molecule has 0 saturated carbocycles. The average Bonchev–Trinajstić information content (AvgIpc) is 1.87. The molecule has 0 aromatic carbocycles. The molecule has 1 aliphatic heterocycles. The SMILES string of the molecule is CP1CCC(O)C1. The molecule has 1 heterocycles. The second-order valence-electron chi connectivity index (χ2n) is 2.20. The average molecular weight is 118 g/mol. The van der Waals surface area contributed by atoms with Crippen LogP contribution in [-0.2, 0) is 0 Å². The van der Waals surface area contributed by atoms with E-state index in [0.717, 1.165) is 12.6 Å². The van der Waals surface area contributed by atoms with Gasteiger partial charge in [-0.25, -0.2) is 0 Å². The molecule has 1 N–H and O–H groups in total. The molecule has 2 atom stereocenters. The highest BCUT2D eigenvalue weighted by molar-refractivity contribution is 7.57. The van der Waals surface area contributed by atoms with Gasteiger partial charge in [0.05, 0.1) is 6.10 Å². The van der Waals surface area contributed by atoms with E-state index in [2.05, 4.69) is 6.66 Å². The van der Waals surface area contributed by atoms with Crippen molar-refractivity contribution in [1.82, 2.24) is 0 Å². The first-order valence-electron chi connectivity index (χ1n) is 2.65. The largest absolute Gasteiger partial charge is 0.393 e. The summed E-state index contributed by atoms with van der Waals surface area (Å²) < 4.78 is 0. The Labute approximate surface area is 45.5 Å². The molecule has 0 radical (unpaired) electrons. The maximum atomic E-state index is 8.92. The maximum absolute atomic E-state index is 8.92. The second kappa shape index (κ2) is 2.11. The Balaban J connectivity index is 2.26. The molecule has 2 heteroatoms. The first-order valence-corrected chi connectivity index (χ1v) is 4.81. The van der Waals surface area contributed by atoms with Crippen molar-refractivity contribution in [2.24, 2.45) is 0 Å². The van der Waals surface area contributed by atoms with E-state index in [1.54, 1.807) is 0 Å². The Kier molecular flexibility index (Phi) is 1.66. The molecular weight excluding hydrogens is 107 g/mol. The van der Waals surface area contributed by atoms with Crippen LogP contribution in [0.25, 0.3) is 0 Å². The molecule has 0 aromatic rings. The number of rotatable bonds is 0. The van der Waals surface area contributed by atoms with E-state index >= 15 is 0 Å². The Morgan fingerprint density at radius 3 is 2.57 bits per heavy atom. The van der Waals surface area contributed by atoms with Gasteiger partial charge in [-0.2, -0.15) is 0 Å². The van der Waals surface area contributed by atoms with Crippen LogP contribution in [0.1, 0.15) is 6.42 Å². The van der Waals surface area contributed by atoms with Crippen LogP contribution >= 0.6 is 7.92 Å². The van der Waals surface area contributed by atoms with E-state index in [-0.39, 0.29) is 14.0 Å². The minimum absolute atomic E-state index is 0.0520. The van der Waals surface area contributed by atoms with Crippen molar-refractivity contribution >= 4 is 7.92 Å². The van der Waals surface area contributed by atoms with Gasteiger partial charge in [-0.1, -0.05) is 0 Å². The Morgan fingerprint density at radius 1 is 1.71 bits per heavy atom. The predicted octanol–water partition coefficient (Wildman–Crippen LogP) is 0.863. The predicted molar refractivity (Wildman–Crippen MR) is 33.2 cm³/mol. The van der Waals surface area contributed by atoms with E-state index in [0.29, 0.717) is 0 Å². The van der Waals surface area contributed by atoms with E-state index < -0.39 is 0 Å². The maximum Gasteiger partial charge on any atom is 0.0582 e. The van der Waals surface area contributed by atoms with Crippen LogP contribution in [0.2, 0.25) is 0 Å². The highest BCUT2D eigenvalue weighted by Gasteiger charge is 2.17. The summed E-state index contributed by atoms with van der Waals surface area (Å²) >= 11 is 0. The van der Waals surface area contributed by atoms with Crippen LogP contribution in [0.3, 0.4) is 0 Å². The molecule has 1 nitrogen and oxygen atoms in total. The highest BCUT2D eigenvalue weighted by Crippen LogP contribution is 2.38. The number of aliphatic hydroxyl groups is 1. The molecule has 0 amide bonds. The molecule has 0 aromatic heterocycles. The Bertz CT molecular complexity index is 57.1. The third-order valence-electron chi connectivity index (χ3n) is 1.37. The summed E-state index contributed by atoms with van der Waals surface area (Å²) in [6.07, 6.45) is 3.49. The Hall–Kier alpha value is 0.390. The van der Waals surface area contributed by atoms with Gasteiger partial charge in [-0.15, -0.1) is 7.92 Å². The monoisotopic (exact) mass is 118 g/mol. The lowest BCUT2D eigenvalue weighted by atomic mass is 10.3. The molecule has 1 rings (SSSR count). The quantitative estimate of drug-likeness (QED) is 0.468. The fourth-order valence-corrected chi connectivity index (χ4v) is 2.74. The van der Waals surface area contributed by atoms with Crippen molar-refractivity contribution in [3.05, 3.63) is 0 Å². The van der Waals surface area contributed by atoms with Crippen molar-refractivity contribution in [3.63, 3.8) is 0 Å². The molecular formula is C5H11OP. The van der Waals surface area contributed by atoms with Crippen molar-refractivity contribution < 1.29 is 5.11 Å². The number of hydrogen-bond donors (Lipinski definition) is 1. The zero-order valence-electron chi connectivity index (χ0n) is 4.59. The molecule has 0 bridgehead atoms. The van der Waals surface area contributed by atoms with Crippen LogP contribution in [0.5, 0.6) is 0 Å². The minimum Gasteiger partial charge on any atom is -0.393 e. The van der Waals surface area contributed by atoms with Gasteiger partial charge in [-0.3, -0.25) is 0 Å². The molecule has 42 valence electrons. The van der Waals surface area contributed by atoms with Gasteiger partial charge >= 0.3 is 0 Å². The normalized spacial score (nSPS) is 42.0. The van der Waals surface area contributed by atoms with Gasteiger partial charge in [0.15, 0.2) is 0 Å². The summed E-state index contributed by atoms with van der Waals surface area (Å²) in [4.78, 5) is 0. The topological polar surface area (TPSA) is 20.2 Å². The van der Waals surface area contributed by atoms with E-state index in [9.17, 15) is 0 Å². The lowest BCUT2D eigenvalue weighted by molar-refractivity contribution is 0.202. The first kappa shape index (κ1) is 5.53. The van der Waals surface area contributed by atoms with Gasteiger partial charge in [0.2, 0.25) is 0 Å². The first-order chi connectivity index (χ1) is 3.29. The molecule has 0 aliphatic carbocycles. The van der Waals surface area contributed by atoms with Crippen LogP contribution in [0.4, 0.5) is 0 Å². The van der Waals surface area contributed by atoms with E-state index in [1.165, 1.54) is 6.16 Å². The van der Waals surface area contributed by atoms with Crippen LogP contribution in [-0.4, -0.2) is 30.2 Å². The van der Waals surface area contributed by atoms with Crippen molar-refractivity contribution in [1.29, 1.82) is 0 Å². The van der Waals surface area contributed by atoms with Crippen LogP contribution in [0.15, 0.2) is 0 Å². The number of aliphatic hydroxyl groups excluding tert-OH is 1. The fraction of sp³-hybridized carbons (Fsp3) is 1.00. The summed E-state index contributed by atoms with van der Waals surface area (Å²) in [7, 11) is 0.246. The third-order valence-corrected chi connectivity index (χ3v) is 3.43. The summed E-state index contributed by atoms with van der Waals surface area (Å²) in [5, 5.41) is 8.92. The molecule has 7 heavy (non-hydrogen) atoms. The van der Waals surface area contributed by atoms with Gasteiger partial charge in [0, 0.05) is 0 Å². The molecule has 0 spiro atoms. The summed E-state index contributed by atoms with van der Waals surface area (Å²) in [6, 6.07) is 0. The van der Waals surface area contributed by atoms with Gasteiger partial charge in [-0.05, 0) is 25.4 Å². The lowest BCUT2D eigenvalue weighted by Crippen LogP contribution is -2.01. The van der Waals surface area contributed by atoms with Crippen molar-refractivity contribution in [2.45, 2.75) is 12.5 Å². The zero-order valence-corrected chi connectivity index (χ0v) is 5.49. The standard InChI is InChI=1S/C5H11OP/c1-7-3-2-5(6)4-7/h5-6H,2-4H2,1H3. The third kappa shape index (κ3) is 1.40. The van der Waals surface area contributed by atoms with E-state index in [4.69, 9.17) is 5.11 Å². The van der Waals surface area contributed by atoms with Gasteiger partial charge < -0.3 is 5.11 Å². The zero-order chi connectivity index (χ0) is 5.28. The van der Waals surface area contributed by atoms with Gasteiger partial charge in [0.25, 0.3) is 0 Å². The molecule has 1 aliphatic rings. The summed E-state index contributed by atoms with van der Waals surface area (Å²) in [5.74, 6) is 0. The van der Waals surface area contributed by atoms with Crippen LogP contribution < -0.4 is 0 Å². The van der Waals surface area contributed by atoms with Crippen molar-refractivity contribution in [2.75, 3.05) is 19.0 Å². The van der Waals surface area contributed by atoms with Crippen LogP contribution in [0, 0.1) is 0 Å². The summed E-state index contributed by atoms with van der Waals surface area (Å²) in [5.41, 5.74) is 0. The molecule has 1 fully saturated rings. The van der Waals surface area contributed by atoms with Crippen molar-refractivity contribution in [3.8, 4) is 0 Å². The van der Waals surface area contributed by atoms with E-state index in [1.807, 2.05) is 0 Å². The molecule has 1 saturated heterocycles. The minimum atomic E-state index is 0.0520. The van der Waals surface area contributed by atoms with Gasteiger partial charge in [0.1, 0.15) is 0 Å². The Morgan fingerprint density at radius 2 is 2.43 bits per heavy atom.